The molecule has 26 heavy (non-hydrogen) atoms. The number of rotatable bonds is 3. The Balaban J connectivity index is 1.41. The molecule has 1 aliphatic heterocycles. The Kier molecular flexibility index (Phi) is 4.41. The predicted octanol–water partition coefficient (Wildman–Crippen LogP) is 2.92. The van der Waals surface area contributed by atoms with Gasteiger partial charge in [0.15, 0.2) is 0 Å². The number of piperazine rings is 1. The van der Waals surface area contributed by atoms with Gasteiger partial charge in [-0.2, -0.15) is 0 Å². The SMILES string of the molecule is Cc1cccc(N2CCN(C(=O)C3CC4(CCC3C(=O)O)CC4)CC2)c1. The molecule has 140 valence electrons. The van der Waals surface area contributed by atoms with Crippen LogP contribution >= 0.6 is 0 Å². The Labute approximate surface area is 155 Å². The largest absolute Gasteiger partial charge is 0.481 e. The van der Waals surface area contributed by atoms with Gasteiger partial charge in [-0.3, -0.25) is 9.59 Å². The lowest BCUT2D eigenvalue weighted by molar-refractivity contribution is -0.153. The van der Waals surface area contributed by atoms with Gasteiger partial charge in [-0.05, 0) is 62.1 Å². The minimum atomic E-state index is -0.794. The zero-order valence-corrected chi connectivity index (χ0v) is 15.5. The number of aryl methyl sites for hydroxylation is 1. The van der Waals surface area contributed by atoms with E-state index in [4.69, 9.17) is 0 Å². The molecule has 3 aliphatic rings. The smallest absolute Gasteiger partial charge is 0.307 e. The second kappa shape index (κ2) is 6.60. The van der Waals surface area contributed by atoms with Crippen LogP contribution in [0.25, 0.3) is 0 Å². The van der Waals surface area contributed by atoms with Gasteiger partial charge >= 0.3 is 5.97 Å². The molecule has 1 amide bonds. The van der Waals surface area contributed by atoms with Crippen molar-refractivity contribution in [1.29, 1.82) is 0 Å². The molecule has 1 spiro atoms. The molecule has 2 atom stereocenters. The number of amides is 1. The molecule has 0 radical (unpaired) electrons. The van der Waals surface area contributed by atoms with Crippen molar-refractivity contribution in [3.63, 3.8) is 0 Å². The van der Waals surface area contributed by atoms with Crippen molar-refractivity contribution in [2.75, 3.05) is 31.1 Å². The van der Waals surface area contributed by atoms with Crippen LogP contribution in [0.15, 0.2) is 24.3 Å². The molecule has 3 fully saturated rings. The Bertz CT molecular complexity index is 705. The molecule has 1 N–H and O–H groups in total. The van der Waals surface area contributed by atoms with E-state index >= 15 is 0 Å². The van der Waals surface area contributed by atoms with E-state index in [9.17, 15) is 14.7 Å². The van der Waals surface area contributed by atoms with Crippen LogP contribution in [0.3, 0.4) is 0 Å². The van der Waals surface area contributed by atoms with Crippen LogP contribution < -0.4 is 4.90 Å². The number of aliphatic carboxylic acids is 1. The first kappa shape index (κ1) is 17.4. The summed E-state index contributed by atoms with van der Waals surface area (Å²) in [6.07, 6.45) is 4.76. The molecule has 2 unspecified atom stereocenters. The molecule has 0 aromatic heterocycles. The van der Waals surface area contributed by atoms with Crippen LogP contribution in [0, 0.1) is 24.2 Å². The van der Waals surface area contributed by atoms with E-state index in [1.54, 1.807) is 0 Å². The van der Waals surface area contributed by atoms with E-state index < -0.39 is 11.9 Å². The second-order valence-electron chi connectivity index (χ2n) is 8.45. The molecule has 1 aromatic carbocycles. The molecule has 1 heterocycles. The minimum absolute atomic E-state index is 0.0762. The van der Waals surface area contributed by atoms with Gasteiger partial charge in [0.2, 0.25) is 5.91 Å². The topological polar surface area (TPSA) is 60.9 Å². The molecule has 1 saturated heterocycles. The van der Waals surface area contributed by atoms with Crippen molar-refractivity contribution >= 4 is 17.6 Å². The van der Waals surface area contributed by atoms with Crippen LogP contribution in [-0.4, -0.2) is 48.1 Å². The quantitative estimate of drug-likeness (QED) is 0.905. The molecular formula is C21H28N2O3. The van der Waals surface area contributed by atoms with Crippen molar-refractivity contribution in [3.8, 4) is 0 Å². The van der Waals surface area contributed by atoms with Gasteiger partial charge in [-0.25, -0.2) is 0 Å². The van der Waals surface area contributed by atoms with Crippen molar-refractivity contribution in [2.45, 2.75) is 39.0 Å². The van der Waals surface area contributed by atoms with Gasteiger partial charge < -0.3 is 14.9 Å². The first-order chi connectivity index (χ1) is 12.5. The maximum atomic E-state index is 13.1. The minimum Gasteiger partial charge on any atom is -0.481 e. The van der Waals surface area contributed by atoms with E-state index in [0.717, 1.165) is 25.9 Å². The number of carboxylic acid groups (broad SMARTS) is 1. The summed E-state index contributed by atoms with van der Waals surface area (Å²) in [6.45, 7) is 5.08. The monoisotopic (exact) mass is 356 g/mol. The highest BCUT2D eigenvalue weighted by molar-refractivity contribution is 5.85. The number of carbonyl (C=O) groups is 2. The lowest BCUT2D eigenvalue weighted by atomic mass is 9.71. The Hall–Kier alpha value is -2.04. The summed E-state index contributed by atoms with van der Waals surface area (Å²) in [5, 5.41) is 9.58. The number of hydrogen-bond donors (Lipinski definition) is 1. The molecule has 1 aromatic rings. The van der Waals surface area contributed by atoms with Crippen molar-refractivity contribution in [3.05, 3.63) is 29.8 Å². The number of hydrogen-bond acceptors (Lipinski definition) is 3. The fraction of sp³-hybridized carbons (Fsp3) is 0.619. The number of carbonyl (C=O) groups excluding carboxylic acids is 1. The molecule has 5 nitrogen and oxygen atoms in total. The van der Waals surface area contributed by atoms with Gasteiger partial charge in [-0.1, -0.05) is 12.1 Å². The van der Waals surface area contributed by atoms with Crippen LogP contribution in [0.1, 0.15) is 37.7 Å². The summed E-state index contributed by atoms with van der Waals surface area (Å²) in [5.74, 6) is -1.54. The number of carboxylic acids is 1. The van der Waals surface area contributed by atoms with Crippen LogP contribution in [0.2, 0.25) is 0 Å². The van der Waals surface area contributed by atoms with Crippen LogP contribution in [0.4, 0.5) is 5.69 Å². The van der Waals surface area contributed by atoms with E-state index in [1.807, 2.05) is 4.90 Å². The van der Waals surface area contributed by atoms with Gasteiger partial charge in [0, 0.05) is 31.9 Å². The Morgan fingerprint density at radius 3 is 2.42 bits per heavy atom. The number of nitrogens with zero attached hydrogens (tertiary/aromatic N) is 2. The third-order valence-electron chi connectivity index (χ3n) is 6.67. The number of anilines is 1. The molecule has 2 aliphatic carbocycles. The molecule has 4 rings (SSSR count). The Morgan fingerprint density at radius 1 is 1.08 bits per heavy atom. The van der Waals surface area contributed by atoms with E-state index in [-0.39, 0.29) is 17.2 Å². The zero-order valence-electron chi connectivity index (χ0n) is 15.5. The van der Waals surface area contributed by atoms with Gasteiger partial charge in [0.05, 0.1) is 11.8 Å². The van der Waals surface area contributed by atoms with Crippen LogP contribution in [-0.2, 0) is 9.59 Å². The van der Waals surface area contributed by atoms with Gasteiger partial charge in [0.1, 0.15) is 0 Å². The highest BCUT2D eigenvalue weighted by Gasteiger charge is 2.52. The van der Waals surface area contributed by atoms with Crippen LogP contribution in [0.5, 0.6) is 0 Å². The third kappa shape index (κ3) is 3.31. The Morgan fingerprint density at radius 2 is 1.81 bits per heavy atom. The number of benzene rings is 1. The highest BCUT2D eigenvalue weighted by atomic mass is 16.4. The zero-order chi connectivity index (χ0) is 18.3. The summed E-state index contributed by atoms with van der Waals surface area (Å²) in [4.78, 5) is 29.0. The van der Waals surface area contributed by atoms with E-state index in [2.05, 4.69) is 36.1 Å². The fourth-order valence-corrected chi connectivity index (χ4v) is 4.80. The third-order valence-corrected chi connectivity index (χ3v) is 6.67. The average molecular weight is 356 g/mol. The molecule has 0 bridgehead atoms. The molecule has 5 heteroatoms. The summed E-state index contributed by atoms with van der Waals surface area (Å²) in [5.41, 5.74) is 2.73. The maximum absolute atomic E-state index is 13.1. The van der Waals surface area contributed by atoms with Crippen molar-refractivity contribution < 1.29 is 14.7 Å². The van der Waals surface area contributed by atoms with Crippen molar-refractivity contribution in [1.82, 2.24) is 4.90 Å². The summed E-state index contributed by atoms with van der Waals surface area (Å²) in [7, 11) is 0. The van der Waals surface area contributed by atoms with E-state index in [0.29, 0.717) is 19.5 Å². The lowest BCUT2D eigenvalue weighted by Crippen LogP contribution is -2.52. The highest BCUT2D eigenvalue weighted by Crippen LogP contribution is 2.59. The van der Waals surface area contributed by atoms with E-state index in [1.165, 1.54) is 24.1 Å². The molecular weight excluding hydrogens is 328 g/mol. The van der Waals surface area contributed by atoms with Gasteiger partial charge in [0.25, 0.3) is 0 Å². The standard InChI is InChI=1S/C21H28N2O3/c1-15-3-2-4-16(13-15)22-9-11-23(12-10-22)19(24)18-14-21(7-8-21)6-5-17(18)20(25)26/h2-4,13,17-18H,5-12,14H2,1H3,(H,25,26). The first-order valence-corrected chi connectivity index (χ1v) is 9.81. The summed E-state index contributed by atoms with van der Waals surface area (Å²) < 4.78 is 0. The summed E-state index contributed by atoms with van der Waals surface area (Å²) in [6, 6.07) is 8.45. The normalized spacial score (nSPS) is 27.4. The maximum Gasteiger partial charge on any atom is 0.307 e. The fourth-order valence-electron chi connectivity index (χ4n) is 4.80. The first-order valence-electron chi connectivity index (χ1n) is 9.81. The van der Waals surface area contributed by atoms with Crippen molar-refractivity contribution in [2.24, 2.45) is 17.3 Å². The molecule has 2 saturated carbocycles. The lowest BCUT2D eigenvalue weighted by Gasteiger charge is -2.40. The second-order valence-corrected chi connectivity index (χ2v) is 8.45. The summed E-state index contributed by atoms with van der Waals surface area (Å²) >= 11 is 0. The van der Waals surface area contributed by atoms with Gasteiger partial charge in [-0.15, -0.1) is 0 Å². The average Bonchev–Trinajstić information content (AvgIpc) is 3.39. The predicted molar refractivity (Wildman–Crippen MR) is 100 cm³/mol.